The molecule has 2 heterocycles. The highest BCUT2D eigenvalue weighted by molar-refractivity contribution is 5.83. The van der Waals surface area contributed by atoms with Gasteiger partial charge in [0.2, 0.25) is 0 Å². The van der Waals surface area contributed by atoms with Crippen LogP contribution in [0.3, 0.4) is 0 Å². The van der Waals surface area contributed by atoms with E-state index in [2.05, 4.69) is 15.7 Å². The highest BCUT2D eigenvalue weighted by Gasteiger charge is 2.15. The van der Waals surface area contributed by atoms with Gasteiger partial charge in [-0.25, -0.2) is 4.98 Å². The number of para-hydroxylation sites is 1. The largest absolute Gasteiger partial charge is 0.327 e. The minimum absolute atomic E-state index is 0.500. The zero-order valence-electron chi connectivity index (χ0n) is 11.4. The van der Waals surface area contributed by atoms with Crippen molar-refractivity contribution in [2.24, 2.45) is 19.8 Å². The fourth-order valence-corrected chi connectivity index (χ4v) is 2.50. The highest BCUT2D eigenvalue weighted by atomic mass is 15.3. The van der Waals surface area contributed by atoms with E-state index < -0.39 is 0 Å². The molecule has 0 saturated carbocycles. The Labute approximate surface area is 111 Å². The maximum absolute atomic E-state index is 5.78. The molecule has 3 rings (SSSR count). The molecule has 0 aliphatic carbocycles. The van der Waals surface area contributed by atoms with Gasteiger partial charge in [-0.1, -0.05) is 12.1 Å². The van der Waals surface area contributed by atoms with E-state index in [0.29, 0.717) is 6.54 Å². The summed E-state index contributed by atoms with van der Waals surface area (Å²) in [6, 6.07) is 6.11. The zero-order valence-corrected chi connectivity index (χ0v) is 11.4. The summed E-state index contributed by atoms with van der Waals surface area (Å²) in [5.41, 5.74) is 11.0. The van der Waals surface area contributed by atoms with E-state index in [4.69, 9.17) is 10.7 Å². The quantitative estimate of drug-likeness (QED) is 0.758. The van der Waals surface area contributed by atoms with Crippen LogP contribution in [0.15, 0.2) is 24.4 Å². The van der Waals surface area contributed by atoms with Crippen molar-refractivity contribution in [3.63, 3.8) is 0 Å². The number of aryl methyl sites for hydroxylation is 3. The second-order valence-corrected chi connectivity index (χ2v) is 4.79. The molecule has 3 aromatic rings. The normalized spacial score (nSPS) is 11.4. The third-order valence-corrected chi connectivity index (χ3v) is 3.47. The number of benzene rings is 1. The maximum Gasteiger partial charge on any atom is 0.144 e. The Morgan fingerprint density at radius 1 is 1.26 bits per heavy atom. The Morgan fingerprint density at radius 2 is 2.05 bits per heavy atom. The summed E-state index contributed by atoms with van der Waals surface area (Å²) in [4.78, 5) is 4.76. The summed E-state index contributed by atoms with van der Waals surface area (Å²) >= 11 is 0. The molecule has 0 aliphatic rings. The second kappa shape index (κ2) is 4.20. The minimum atomic E-state index is 0.500. The fourth-order valence-electron chi connectivity index (χ4n) is 2.50. The molecule has 0 fully saturated rings. The van der Waals surface area contributed by atoms with Crippen LogP contribution < -0.4 is 5.73 Å². The average molecular weight is 255 g/mol. The first-order valence-corrected chi connectivity index (χ1v) is 6.27. The first kappa shape index (κ1) is 11.9. The number of nitrogens with two attached hydrogens (primary N) is 1. The van der Waals surface area contributed by atoms with Gasteiger partial charge < -0.3 is 10.3 Å². The maximum atomic E-state index is 5.78. The number of rotatable bonds is 2. The van der Waals surface area contributed by atoms with Crippen LogP contribution in [0, 0.1) is 6.92 Å². The van der Waals surface area contributed by atoms with E-state index in [1.165, 1.54) is 0 Å². The molecule has 19 heavy (non-hydrogen) atoms. The van der Waals surface area contributed by atoms with E-state index in [1.807, 2.05) is 44.0 Å². The van der Waals surface area contributed by atoms with Crippen LogP contribution in [-0.4, -0.2) is 19.3 Å². The molecule has 5 nitrogen and oxygen atoms in total. The van der Waals surface area contributed by atoms with Crippen LogP contribution in [0.4, 0.5) is 0 Å². The third-order valence-electron chi connectivity index (χ3n) is 3.47. The van der Waals surface area contributed by atoms with Crippen LogP contribution >= 0.6 is 0 Å². The fraction of sp³-hybridized carbons (Fsp3) is 0.286. The highest BCUT2D eigenvalue weighted by Crippen LogP contribution is 2.27. The van der Waals surface area contributed by atoms with Crippen molar-refractivity contribution in [1.29, 1.82) is 0 Å². The number of fused-ring (bicyclic) bond motifs is 1. The molecule has 2 aromatic heterocycles. The first-order chi connectivity index (χ1) is 9.11. The molecule has 0 bridgehead atoms. The predicted octanol–water partition coefficient (Wildman–Crippen LogP) is 1.74. The number of nitrogens with zero attached hydrogens (tertiary/aromatic N) is 4. The molecule has 98 valence electrons. The Hall–Kier alpha value is -2.14. The predicted molar refractivity (Wildman–Crippen MR) is 75.5 cm³/mol. The topological polar surface area (TPSA) is 61.7 Å². The van der Waals surface area contributed by atoms with Crippen LogP contribution in [0.1, 0.15) is 11.3 Å². The van der Waals surface area contributed by atoms with Crippen molar-refractivity contribution in [2.45, 2.75) is 13.5 Å². The van der Waals surface area contributed by atoms with Crippen LogP contribution in [0.2, 0.25) is 0 Å². The third kappa shape index (κ3) is 1.74. The van der Waals surface area contributed by atoms with Crippen molar-refractivity contribution < 1.29 is 0 Å². The second-order valence-electron chi connectivity index (χ2n) is 4.79. The van der Waals surface area contributed by atoms with Crippen LogP contribution in [-0.2, 0) is 20.6 Å². The molecule has 0 radical (unpaired) electrons. The smallest absolute Gasteiger partial charge is 0.144 e. The lowest BCUT2D eigenvalue weighted by Crippen LogP contribution is -1.97. The first-order valence-electron chi connectivity index (χ1n) is 6.27. The molecule has 0 amide bonds. The van der Waals surface area contributed by atoms with Gasteiger partial charge in [-0.15, -0.1) is 0 Å². The van der Waals surface area contributed by atoms with Gasteiger partial charge in [0.15, 0.2) is 0 Å². The number of imidazole rings is 1. The molecule has 1 aromatic carbocycles. The minimum Gasteiger partial charge on any atom is -0.327 e. The van der Waals surface area contributed by atoms with E-state index in [0.717, 1.165) is 33.7 Å². The van der Waals surface area contributed by atoms with Crippen molar-refractivity contribution in [2.75, 3.05) is 0 Å². The number of hydrogen-bond acceptors (Lipinski definition) is 3. The van der Waals surface area contributed by atoms with Gasteiger partial charge in [-0.05, 0) is 18.6 Å². The van der Waals surface area contributed by atoms with E-state index in [9.17, 15) is 0 Å². The molecule has 0 aliphatic heterocycles. The summed E-state index contributed by atoms with van der Waals surface area (Å²) in [5.74, 6) is 0.932. The lowest BCUT2D eigenvalue weighted by atomic mass is 10.2. The summed E-state index contributed by atoms with van der Waals surface area (Å²) in [7, 11) is 3.95. The number of aromatic nitrogens is 4. The Bertz CT molecular complexity index is 751. The van der Waals surface area contributed by atoms with Gasteiger partial charge in [-0.2, -0.15) is 5.10 Å². The Balaban J connectivity index is 2.31. The van der Waals surface area contributed by atoms with Gasteiger partial charge in [0.25, 0.3) is 0 Å². The molecule has 2 N–H and O–H groups in total. The molecule has 0 unspecified atom stereocenters. The summed E-state index contributed by atoms with van der Waals surface area (Å²) in [5, 5.41) is 4.38. The van der Waals surface area contributed by atoms with Gasteiger partial charge in [-0.3, -0.25) is 4.68 Å². The average Bonchev–Trinajstić information content (AvgIpc) is 2.90. The lowest BCUT2D eigenvalue weighted by molar-refractivity contribution is 0.756. The van der Waals surface area contributed by atoms with Crippen molar-refractivity contribution >= 4 is 11.0 Å². The van der Waals surface area contributed by atoms with Crippen molar-refractivity contribution in [3.8, 4) is 11.4 Å². The van der Waals surface area contributed by atoms with Gasteiger partial charge >= 0.3 is 0 Å². The zero-order chi connectivity index (χ0) is 13.6. The van der Waals surface area contributed by atoms with Crippen LogP contribution in [0.25, 0.3) is 22.4 Å². The van der Waals surface area contributed by atoms with Crippen molar-refractivity contribution in [3.05, 3.63) is 35.7 Å². The molecule has 5 heteroatoms. The molecular formula is C14H17N5. The van der Waals surface area contributed by atoms with E-state index >= 15 is 0 Å². The van der Waals surface area contributed by atoms with Gasteiger partial charge in [0.1, 0.15) is 5.82 Å². The monoisotopic (exact) mass is 255 g/mol. The summed E-state index contributed by atoms with van der Waals surface area (Å²) in [6.45, 7) is 2.50. The van der Waals surface area contributed by atoms with Gasteiger partial charge in [0.05, 0.1) is 22.3 Å². The molecule has 0 saturated heterocycles. The lowest BCUT2D eigenvalue weighted by Gasteiger charge is -2.00. The SMILES string of the molecule is Cc1nn(C)cc1-c1nc2c(CN)cccc2n1C. The summed E-state index contributed by atoms with van der Waals surface area (Å²) in [6.07, 6.45) is 2.00. The standard InChI is InChI=1S/C14H17N5/c1-9-11(8-18(2)17-9)14-16-13-10(7-15)5-4-6-12(13)19(14)3/h4-6,8H,7,15H2,1-3H3. The van der Waals surface area contributed by atoms with Gasteiger partial charge in [0, 0.05) is 26.8 Å². The van der Waals surface area contributed by atoms with Crippen LogP contribution in [0.5, 0.6) is 0 Å². The van der Waals surface area contributed by atoms with Crippen molar-refractivity contribution in [1.82, 2.24) is 19.3 Å². The van der Waals surface area contributed by atoms with E-state index in [-0.39, 0.29) is 0 Å². The van der Waals surface area contributed by atoms with E-state index in [1.54, 1.807) is 0 Å². The molecular weight excluding hydrogens is 238 g/mol. The molecule has 0 atom stereocenters. The Kier molecular flexibility index (Phi) is 2.64. The molecule has 0 spiro atoms. The Morgan fingerprint density at radius 3 is 2.68 bits per heavy atom. The summed E-state index contributed by atoms with van der Waals surface area (Å²) < 4.78 is 3.91. The number of hydrogen-bond donors (Lipinski definition) is 1.